The Labute approximate surface area is 190 Å². The van der Waals surface area contributed by atoms with E-state index in [4.69, 9.17) is 0 Å². The summed E-state index contributed by atoms with van der Waals surface area (Å²) in [6.45, 7) is 4.50. The van der Waals surface area contributed by atoms with Crippen LogP contribution in [0.1, 0.15) is 29.3 Å². The normalized spacial score (nSPS) is 19.1. The van der Waals surface area contributed by atoms with Gasteiger partial charge in [-0.3, -0.25) is 14.4 Å². The smallest absolute Gasteiger partial charge is 0.253 e. The van der Waals surface area contributed by atoms with Gasteiger partial charge in [-0.15, -0.1) is 0 Å². The first kappa shape index (κ1) is 21.6. The monoisotopic (exact) mass is 483 g/mol. The van der Waals surface area contributed by atoms with Crippen LogP contribution < -0.4 is 4.90 Å². The number of anilines is 1. The second-order valence-corrected chi connectivity index (χ2v) is 8.89. The summed E-state index contributed by atoms with van der Waals surface area (Å²) >= 11 is 3.43. The fourth-order valence-electron chi connectivity index (χ4n) is 4.23. The van der Waals surface area contributed by atoms with E-state index >= 15 is 0 Å². The molecule has 2 heterocycles. The van der Waals surface area contributed by atoms with Gasteiger partial charge in [-0.1, -0.05) is 41.1 Å². The van der Waals surface area contributed by atoms with E-state index in [0.29, 0.717) is 44.7 Å². The van der Waals surface area contributed by atoms with Crippen LogP contribution in [0.3, 0.4) is 0 Å². The van der Waals surface area contributed by atoms with Gasteiger partial charge in [0.15, 0.2) is 0 Å². The summed E-state index contributed by atoms with van der Waals surface area (Å²) in [6, 6.07) is 15.3. The zero-order valence-corrected chi connectivity index (χ0v) is 19.2. The number of rotatable bonds is 4. The number of carbonyl (C=O) groups is 3. The van der Waals surface area contributed by atoms with Gasteiger partial charge in [0.1, 0.15) is 5.92 Å². The molecule has 0 aromatic heterocycles. The third-order valence-corrected chi connectivity index (χ3v) is 6.60. The van der Waals surface area contributed by atoms with Crippen LogP contribution >= 0.6 is 15.9 Å². The molecule has 2 fully saturated rings. The number of amides is 3. The van der Waals surface area contributed by atoms with Crippen molar-refractivity contribution >= 4 is 39.3 Å². The zero-order valence-electron chi connectivity index (χ0n) is 17.6. The van der Waals surface area contributed by atoms with Crippen molar-refractivity contribution in [2.24, 2.45) is 5.92 Å². The van der Waals surface area contributed by atoms with Gasteiger partial charge in [-0.25, -0.2) is 0 Å². The molecule has 31 heavy (non-hydrogen) atoms. The Balaban J connectivity index is 1.35. The van der Waals surface area contributed by atoms with Gasteiger partial charge in [0.25, 0.3) is 5.91 Å². The highest BCUT2D eigenvalue weighted by molar-refractivity contribution is 9.10. The van der Waals surface area contributed by atoms with Crippen LogP contribution in [-0.4, -0.2) is 60.2 Å². The maximum absolute atomic E-state index is 13.0. The van der Waals surface area contributed by atoms with E-state index in [2.05, 4.69) is 22.9 Å². The van der Waals surface area contributed by atoms with E-state index in [-0.39, 0.29) is 17.7 Å². The average Bonchev–Trinajstić information content (AvgIpc) is 3.19. The van der Waals surface area contributed by atoms with Crippen molar-refractivity contribution in [2.75, 3.05) is 37.6 Å². The van der Waals surface area contributed by atoms with E-state index in [9.17, 15) is 14.4 Å². The molecule has 2 saturated heterocycles. The van der Waals surface area contributed by atoms with Gasteiger partial charge in [0, 0.05) is 48.4 Å². The number of piperazine rings is 1. The van der Waals surface area contributed by atoms with Gasteiger partial charge in [0.2, 0.25) is 11.8 Å². The number of benzene rings is 2. The van der Waals surface area contributed by atoms with Crippen LogP contribution in [0.4, 0.5) is 5.69 Å². The van der Waals surface area contributed by atoms with Gasteiger partial charge < -0.3 is 14.7 Å². The summed E-state index contributed by atoms with van der Waals surface area (Å²) in [7, 11) is 0. The van der Waals surface area contributed by atoms with Crippen LogP contribution in [0.5, 0.6) is 0 Å². The van der Waals surface area contributed by atoms with Crippen molar-refractivity contribution in [1.82, 2.24) is 9.80 Å². The molecular formula is C24H26BrN3O3. The molecule has 0 saturated carbocycles. The fraction of sp³-hybridized carbons (Fsp3) is 0.375. The topological polar surface area (TPSA) is 60.9 Å². The first-order chi connectivity index (χ1) is 15.0. The fourth-order valence-corrected chi connectivity index (χ4v) is 4.61. The average molecular weight is 484 g/mol. The molecule has 0 spiro atoms. The van der Waals surface area contributed by atoms with Crippen molar-refractivity contribution in [1.29, 1.82) is 0 Å². The predicted octanol–water partition coefficient (Wildman–Crippen LogP) is 3.35. The maximum atomic E-state index is 13.0. The summed E-state index contributed by atoms with van der Waals surface area (Å²) in [4.78, 5) is 43.9. The molecule has 0 radical (unpaired) electrons. The van der Waals surface area contributed by atoms with Crippen LogP contribution in [0, 0.1) is 5.92 Å². The lowest BCUT2D eigenvalue weighted by atomic mass is 10.1. The van der Waals surface area contributed by atoms with Crippen LogP contribution in [0.15, 0.2) is 53.0 Å². The number of hydrogen-bond acceptors (Lipinski definition) is 3. The van der Waals surface area contributed by atoms with Crippen LogP contribution in [-0.2, 0) is 16.0 Å². The molecule has 2 aromatic rings. The molecule has 0 bridgehead atoms. The summed E-state index contributed by atoms with van der Waals surface area (Å²) in [5.41, 5.74) is 2.68. The lowest BCUT2D eigenvalue weighted by molar-refractivity contribution is -0.141. The van der Waals surface area contributed by atoms with E-state index in [0.717, 1.165) is 16.6 Å². The standard InChI is InChI=1S/C24H26BrN3O3/c1-2-17-6-8-18(9-7-17)22(29)26-12-14-27(15-13-26)23(30)21-10-11-28(24(21)31)20-5-3-4-19(25)16-20/h3-9,16,21H,2,10-15H2,1H3. The zero-order chi connectivity index (χ0) is 22.0. The first-order valence-corrected chi connectivity index (χ1v) is 11.5. The summed E-state index contributed by atoms with van der Waals surface area (Å²) in [6.07, 6.45) is 1.46. The predicted molar refractivity (Wildman–Crippen MR) is 123 cm³/mol. The number of halogens is 1. The molecule has 2 aromatic carbocycles. The van der Waals surface area contributed by atoms with Crippen LogP contribution in [0.25, 0.3) is 0 Å². The molecule has 0 N–H and O–H groups in total. The molecule has 3 amide bonds. The molecule has 2 aliphatic heterocycles. The Morgan fingerprint density at radius 3 is 2.29 bits per heavy atom. The second-order valence-electron chi connectivity index (χ2n) is 7.98. The van der Waals surface area contributed by atoms with Gasteiger partial charge in [0.05, 0.1) is 0 Å². The maximum Gasteiger partial charge on any atom is 0.253 e. The minimum absolute atomic E-state index is 0.00692. The highest BCUT2D eigenvalue weighted by Crippen LogP contribution is 2.28. The van der Waals surface area contributed by atoms with E-state index in [1.165, 1.54) is 5.56 Å². The first-order valence-electron chi connectivity index (χ1n) is 10.7. The van der Waals surface area contributed by atoms with Crippen molar-refractivity contribution < 1.29 is 14.4 Å². The number of nitrogens with zero attached hydrogens (tertiary/aromatic N) is 3. The Kier molecular flexibility index (Phi) is 6.41. The van der Waals surface area contributed by atoms with Crippen molar-refractivity contribution in [3.63, 3.8) is 0 Å². The van der Waals surface area contributed by atoms with E-state index in [1.54, 1.807) is 14.7 Å². The molecule has 162 valence electrons. The van der Waals surface area contributed by atoms with Crippen LogP contribution in [0.2, 0.25) is 0 Å². The van der Waals surface area contributed by atoms with E-state index in [1.807, 2.05) is 48.5 Å². The SMILES string of the molecule is CCc1ccc(C(=O)N2CCN(C(=O)C3CCN(c4cccc(Br)c4)C3=O)CC2)cc1. The largest absolute Gasteiger partial charge is 0.338 e. The summed E-state index contributed by atoms with van der Waals surface area (Å²) < 4.78 is 0.901. The minimum Gasteiger partial charge on any atom is -0.338 e. The Hall–Kier alpha value is -2.67. The molecule has 7 heteroatoms. The Morgan fingerprint density at radius 1 is 0.968 bits per heavy atom. The molecule has 6 nitrogen and oxygen atoms in total. The molecule has 0 aliphatic carbocycles. The van der Waals surface area contributed by atoms with Crippen molar-refractivity contribution in [3.8, 4) is 0 Å². The third kappa shape index (κ3) is 4.51. The summed E-state index contributed by atoms with van der Waals surface area (Å²) in [5, 5.41) is 0. The highest BCUT2D eigenvalue weighted by atomic mass is 79.9. The molecule has 1 unspecified atom stereocenters. The molecule has 4 rings (SSSR count). The molecule has 1 atom stereocenters. The number of carbonyl (C=O) groups excluding carboxylic acids is 3. The Morgan fingerprint density at radius 2 is 1.65 bits per heavy atom. The van der Waals surface area contributed by atoms with Crippen molar-refractivity contribution in [3.05, 3.63) is 64.1 Å². The molecule has 2 aliphatic rings. The lowest BCUT2D eigenvalue weighted by Gasteiger charge is -2.35. The van der Waals surface area contributed by atoms with Gasteiger partial charge in [-0.2, -0.15) is 0 Å². The number of hydrogen-bond donors (Lipinski definition) is 0. The minimum atomic E-state index is -0.636. The Bertz CT molecular complexity index is 984. The molecular weight excluding hydrogens is 458 g/mol. The van der Waals surface area contributed by atoms with Gasteiger partial charge in [-0.05, 0) is 48.7 Å². The third-order valence-electron chi connectivity index (χ3n) is 6.11. The summed E-state index contributed by atoms with van der Waals surface area (Å²) in [5.74, 6) is -0.908. The van der Waals surface area contributed by atoms with Gasteiger partial charge >= 0.3 is 0 Å². The number of aryl methyl sites for hydroxylation is 1. The highest BCUT2D eigenvalue weighted by Gasteiger charge is 2.40. The lowest BCUT2D eigenvalue weighted by Crippen LogP contribution is -2.52. The quantitative estimate of drug-likeness (QED) is 0.626. The second kappa shape index (κ2) is 9.22. The van der Waals surface area contributed by atoms with Crippen molar-refractivity contribution in [2.45, 2.75) is 19.8 Å². The van der Waals surface area contributed by atoms with E-state index < -0.39 is 5.92 Å².